The molecule has 0 atom stereocenters. The summed E-state index contributed by atoms with van der Waals surface area (Å²) in [7, 11) is 0. The van der Waals surface area contributed by atoms with Gasteiger partial charge in [-0.15, -0.1) is 0 Å². The Morgan fingerprint density at radius 3 is 1.30 bits per heavy atom. The maximum Gasteiger partial charge on any atom is 0.301 e. The van der Waals surface area contributed by atoms with Gasteiger partial charge in [0.15, 0.2) is 5.83 Å². The van der Waals surface area contributed by atoms with Crippen LogP contribution in [0, 0.1) is 0 Å². The van der Waals surface area contributed by atoms with E-state index >= 15 is 0 Å². The van der Waals surface area contributed by atoms with E-state index in [1.165, 1.54) is 0 Å². The Hall–Kier alpha value is -0.550. The van der Waals surface area contributed by atoms with Crippen molar-refractivity contribution in [1.29, 1.82) is 0 Å². The van der Waals surface area contributed by atoms with E-state index in [1.807, 2.05) is 0 Å². The molecule has 10 heavy (non-hydrogen) atoms. The number of rotatable bonds is 1. The maximum absolute atomic E-state index is 11.0. The highest BCUT2D eigenvalue weighted by Gasteiger charge is 1.92. The Kier molecular flexibility index (Phi) is 10.3. The third-order valence-corrected chi connectivity index (χ3v) is 0.360. The number of allylic oxidation sites excluding steroid dienone is 1. The molecule has 0 aliphatic carbocycles. The molecule has 0 fully saturated rings. The van der Waals surface area contributed by atoms with Crippen molar-refractivity contribution >= 4 is 0 Å². The first-order chi connectivity index (χ1) is 4.56. The lowest BCUT2D eigenvalue weighted by molar-refractivity contribution is 0.186. The predicted octanol–water partition coefficient (Wildman–Crippen LogP) is 1.05. The van der Waals surface area contributed by atoms with E-state index in [1.54, 1.807) is 0 Å². The molecule has 62 valence electrons. The minimum Gasteiger partial charge on any atom is -0.394 e. The molecule has 0 rings (SSSR count). The Morgan fingerprint density at radius 1 is 1.10 bits per heavy atom. The summed E-state index contributed by atoms with van der Waals surface area (Å²) in [6, 6.07) is 0. The van der Waals surface area contributed by atoms with Gasteiger partial charge in [0.1, 0.15) is 0 Å². The van der Waals surface area contributed by atoms with Gasteiger partial charge < -0.3 is 10.2 Å². The molecule has 0 aliphatic rings. The van der Waals surface area contributed by atoms with Crippen LogP contribution < -0.4 is 0 Å². The lowest BCUT2D eigenvalue weighted by Crippen LogP contribution is -1.85. The van der Waals surface area contributed by atoms with Gasteiger partial charge >= 0.3 is 6.08 Å². The largest absolute Gasteiger partial charge is 0.394 e. The van der Waals surface area contributed by atoms with Gasteiger partial charge in [-0.25, -0.2) is 4.39 Å². The van der Waals surface area contributed by atoms with E-state index in [0.29, 0.717) is 6.92 Å². The van der Waals surface area contributed by atoms with Crippen molar-refractivity contribution in [1.82, 2.24) is 0 Å². The summed E-state index contributed by atoms with van der Waals surface area (Å²) in [4.78, 5) is 0. The third-order valence-electron chi connectivity index (χ3n) is 0.360. The molecule has 0 aromatic heterocycles. The fraction of sp³-hybridized carbons (Fsp3) is 0.600. The molecule has 0 spiro atoms. The summed E-state index contributed by atoms with van der Waals surface area (Å²) in [5.74, 6) is -1.41. The monoisotopic (exact) mass is 158 g/mol. The van der Waals surface area contributed by atoms with Crippen LogP contribution >= 0.6 is 0 Å². The molecule has 0 radical (unpaired) electrons. The first-order valence-corrected chi connectivity index (χ1v) is 2.45. The zero-order chi connectivity index (χ0) is 8.57. The van der Waals surface area contributed by atoms with Crippen molar-refractivity contribution in [2.45, 2.75) is 6.92 Å². The first-order valence-electron chi connectivity index (χ1n) is 2.45. The normalized spacial score (nSPS) is 7.80. The molecule has 2 nitrogen and oxygen atoms in total. The molecule has 5 heteroatoms. The molecule has 0 amide bonds. The second-order valence-corrected chi connectivity index (χ2v) is 1.24. The highest BCUT2D eigenvalue weighted by Crippen LogP contribution is 2.05. The molecule has 0 bridgehead atoms. The highest BCUT2D eigenvalue weighted by molar-refractivity contribution is 4.84. The van der Waals surface area contributed by atoms with E-state index in [2.05, 4.69) is 0 Å². The molecule has 0 unspecified atom stereocenters. The summed E-state index contributed by atoms with van der Waals surface area (Å²) in [5.41, 5.74) is 0. The second-order valence-electron chi connectivity index (χ2n) is 1.24. The zero-order valence-corrected chi connectivity index (χ0v) is 5.44. The van der Waals surface area contributed by atoms with E-state index in [0.717, 1.165) is 0 Å². The van der Waals surface area contributed by atoms with E-state index in [9.17, 15) is 13.2 Å². The van der Waals surface area contributed by atoms with Crippen LogP contribution in [0.15, 0.2) is 11.9 Å². The van der Waals surface area contributed by atoms with Gasteiger partial charge in [0.05, 0.1) is 13.2 Å². The first kappa shape index (κ1) is 12.2. The van der Waals surface area contributed by atoms with Crippen LogP contribution in [0.4, 0.5) is 13.2 Å². The molecule has 0 saturated heterocycles. The SMILES string of the molecule is CC(F)=C(F)F.OCCO. The molecule has 0 aromatic carbocycles. The van der Waals surface area contributed by atoms with Gasteiger partial charge in [0, 0.05) is 0 Å². The number of aliphatic hydroxyl groups excluding tert-OH is 2. The van der Waals surface area contributed by atoms with E-state index < -0.39 is 11.9 Å². The van der Waals surface area contributed by atoms with Gasteiger partial charge in [0.2, 0.25) is 0 Å². The van der Waals surface area contributed by atoms with Crippen molar-refractivity contribution in [3.63, 3.8) is 0 Å². The lowest BCUT2D eigenvalue weighted by atomic mass is 10.7. The van der Waals surface area contributed by atoms with Crippen LogP contribution in [-0.4, -0.2) is 23.4 Å². The zero-order valence-electron chi connectivity index (χ0n) is 5.44. The highest BCUT2D eigenvalue weighted by atomic mass is 19.3. The number of hydrogen-bond acceptors (Lipinski definition) is 2. The standard InChI is InChI=1S/C3H3F3.C2H6O2/c1-2(4)3(5)6;3-1-2-4/h1H3;3-4H,1-2H2. The fourth-order valence-electron chi connectivity index (χ4n) is 0. The number of hydrogen-bond donors (Lipinski definition) is 2. The Bertz CT molecular complexity index is 83.1. The average molecular weight is 158 g/mol. The minimum atomic E-state index is -2.24. The summed E-state index contributed by atoms with van der Waals surface area (Å²) < 4.78 is 32.3. The van der Waals surface area contributed by atoms with Crippen LogP contribution in [-0.2, 0) is 0 Å². The van der Waals surface area contributed by atoms with Gasteiger partial charge in [-0.1, -0.05) is 0 Å². The third kappa shape index (κ3) is 15.7. The quantitative estimate of drug-likeness (QED) is 0.598. The summed E-state index contributed by atoms with van der Waals surface area (Å²) in [6.45, 7) is 0.454. The summed E-state index contributed by atoms with van der Waals surface area (Å²) >= 11 is 0. The van der Waals surface area contributed by atoms with Crippen LogP contribution in [0.5, 0.6) is 0 Å². The molecular weight excluding hydrogens is 149 g/mol. The topological polar surface area (TPSA) is 40.5 Å². The van der Waals surface area contributed by atoms with Gasteiger partial charge in [-0.05, 0) is 6.92 Å². The van der Waals surface area contributed by atoms with Crippen molar-refractivity contribution in [3.05, 3.63) is 11.9 Å². The average Bonchev–Trinajstić information content (AvgIpc) is 1.89. The van der Waals surface area contributed by atoms with Gasteiger partial charge in [0.25, 0.3) is 0 Å². The molecule has 0 aliphatic heterocycles. The lowest BCUT2D eigenvalue weighted by Gasteiger charge is -1.73. The Morgan fingerprint density at radius 2 is 1.30 bits per heavy atom. The Balaban J connectivity index is 0. The van der Waals surface area contributed by atoms with E-state index in [-0.39, 0.29) is 13.2 Å². The van der Waals surface area contributed by atoms with E-state index in [4.69, 9.17) is 10.2 Å². The van der Waals surface area contributed by atoms with Crippen LogP contribution in [0.25, 0.3) is 0 Å². The van der Waals surface area contributed by atoms with Crippen LogP contribution in [0.1, 0.15) is 6.92 Å². The van der Waals surface area contributed by atoms with Crippen LogP contribution in [0.2, 0.25) is 0 Å². The van der Waals surface area contributed by atoms with Crippen LogP contribution in [0.3, 0.4) is 0 Å². The van der Waals surface area contributed by atoms with Crippen molar-refractivity contribution in [2.75, 3.05) is 13.2 Å². The molecule has 0 aromatic rings. The number of halogens is 3. The van der Waals surface area contributed by atoms with Crippen molar-refractivity contribution in [2.24, 2.45) is 0 Å². The molecule has 0 heterocycles. The minimum absolute atomic E-state index is 0.125. The summed E-state index contributed by atoms with van der Waals surface area (Å²) in [6.07, 6.45) is -2.24. The second kappa shape index (κ2) is 8.45. The van der Waals surface area contributed by atoms with Gasteiger partial charge in [-0.2, -0.15) is 8.78 Å². The smallest absolute Gasteiger partial charge is 0.301 e. The van der Waals surface area contributed by atoms with Crippen molar-refractivity contribution in [3.8, 4) is 0 Å². The summed E-state index contributed by atoms with van der Waals surface area (Å²) in [5, 5.41) is 15.2. The number of aliphatic hydroxyl groups is 2. The van der Waals surface area contributed by atoms with Crippen molar-refractivity contribution < 1.29 is 23.4 Å². The maximum atomic E-state index is 11.0. The molecule has 0 saturated carbocycles. The predicted molar refractivity (Wildman–Crippen MR) is 30.2 cm³/mol. The molecular formula is C5H9F3O2. The van der Waals surface area contributed by atoms with Gasteiger partial charge in [-0.3, -0.25) is 0 Å². The Labute approximate surface area is 56.6 Å². The fourth-order valence-corrected chi connectivity index (χ4v) is 0. The molecule has 2 N–H and O–H groups in total.